The standard InChI is InChI=1S/C14H14ClN5O3S.C13H19N3O3S.C11H17N3O2S.C8H11N3OS.6CH4.ClH/c1-7(21)16-14-18-8-3-4-20(6-10(8)24-14)11-5-9(12(22)23-2)17-13(15)19-11;1-8(17)14-11-15-9-5-6-16(7-10(9)20-11)12(18)19-13(2,3)4;1-11(2,3)16-10(15)14-5-4-7-8(6-14)17-9(12)13-7;1-5(12)10-8-11-6-2-3-9-4-7(6)13-8;;;;;;;/h5H,3-4,6H2,1-2H3,(H,16,18,21);5-7H2,1-4H3,(H,14,15,17);4-6H2,1-3H3,(H2,12,13);9H,2-4H2,1H3,(H,10,11,12);6*1H4;1H. The summed E-state index contributed by atoms with van der Waals surface area (Å²) in [6.45, 7) is 20.9. The van der Waals surface area contributed by atoms with Gasteiger partial charge in [0, 0.05) is 105 Å². The summed E-state index contributed by atoms with van der Waals surface area (Å²) in [4.78, 5) is 104. The number of rotatable bonds is 5. The average Bonchev–Trinajstić information content (AvgIpc) is 4.10. The van der Waals surface area contributed by atoms with Crippen LogP contribution >= 0.6 is 69.4 Å². The Balaban J connectivity index is 0. The zero-order valence-corrected chi connectivity index (χ0v) is 48.1. The Bertz CT molecular complexity index is 2840. The third-order valence-corrected chi connectivity index (χ3v) is 14.5. The molecule has 0 aliphatic carbocycles. The van der Waals surface area contributed by atoms with Crippen LogP contribution < -0.4 is 31.9 Å². The number of hydrogen-bond acceptors (Lipinski definition) is 22. The maximum absolute atomic E-state index is 12.0. The lowest BCUT2D eigenvalue weighted by Gasteiger charge is -2.29. The summed E-state index contributed by atoms with van der Waals surface area (Å²) in [5.41, 5.74) is 8.89. The number of nitrogens with one attached hydrogen (secondary N) is 4. The van der Waals surface area contributed by atoms with Crippen molar-refractivity contribution in [2.24, 2.45) is 0 Å². The molecule has 0 fully saturated rings. The van der Waals surface area contributed by atoms with Gasteiger partial charge in [-0.15, -0.1) is 35.1 Å². The molecule has 81 heavy (non-hydrogen) atoms. The number of hydrogen-bond donors (Lipinski definition) is 5. The van der Waals surface area contributed by atoms with E-state index in [1.165, 1.54) is 66.8 Å². The summed E-state index contributed by atoms with van der Waals surface area (Å²) < 4.78 is 15.4. The number of halogens is 2. The highest BCUT2D eigenvalue weighted by Gasteiger charge is 2.30. The zero-order chi connectivity index (χ0) is 54.1. The van der Waals surface area contributed by atoms with Gasteiger partial charge in [0.15, 0.2) is 26.2 Å². The maximum atomic E-state index is 12.0. The number of amides is 5. The van der Waals surface area contributed by atoms with Crippen LogP contribution in [0.25, 0.3) is 0 Å². The highest BCUT2D eigenvalue weighted by molar-refractivity contribution is 7.16. The van der Waals surface area contributed by atoms with Gasteiger partial charge in [-0.2, -0.15) is 0 Å². The normalized spacial score (nSPS) is 13.3. The maximum Gasteiger partial charge on any atom is 0.410 e. The van der Waals surface area contributed by atoms with Crippen molar-refractivity contribution < 1.29 is 43.0 Å². The van der Waals surface area contributed by atoms with Gasteiger partial charge in [0.2, 0.25) is 23.0 Å². The predicted octanol–water partition coefficient (Wildman–Crippen LogP) is 11.3. The minimum Gasteiger partial charge on any atom is -0.464 e. The second-order valence-electron chi connectivity index (χ2n) is 18.9. The summed E-state index contributed by atoms with van der Waals surface area (Å²) in [6.07, 6.45) is 2.53. The van der Waals surface area contributed by atoms with Crippen molar-refractivity contribution in [3.8, 4) is 0 Å². The number of aromatic nitrogens is 6. The molecule has 0 radical (unpaired) electrons. The number of nitrogens with zero attached hydrogens (tertiary/aromatic N) is 9. The van der Waals surface area contributed by atoms with Crippen LogP contribution in [0.5, 0.6) is 0 Å². The van der Waals surface area contributed by atoms with Crippen LogP contribution in [0.15, 0.2) is 6.07 Å². The number of fused-ring (bicyclic) bond motifs is 4. The Morgan fingerprint density at radius 3 is 1.43 bits per heavy atom. The fourth-order valence-corrected chi connectivity index (χ4v) is 11.5. The SMILES string of the molecule is C.C.C.C.C.C.CC(=O)Nc1nc2c(s1)CN(C(=O)OC(C)(C)C)CC2.CC(=O)Nc1nc2c(s1)CNCC2.CC(C)(C)OC(=O)N1CCc2nc(N)sc2C1.COC(=O)c1cc(N2CCc3nc(NC(C)=O)sc3C2)nc(Cl)n1.Cl. The summed E-state index contributed by atoms with van der Waals surface area (Å²) in [6, 6.07) is 1.55. The number of anilines is 5. The van der Waals surface area contributed by atoms with Gasteiger partial charge in [-0.25, -0.2) is 44.3 Å². The van der Waals surface area contributed by atoms with Crippen LogP contribution in [-0.4, -0.2) is 120 Å². The molecule has 4 aliphatic heterocycles. The van der Waals surface area contributed by atoms with Crippen LogP contribution in [0.2, 0.25) is 5.28 Å². The van der Waals surface area contributed by atoms with Gasteiger partial charge >= 0.3 is 18.2 Å². The van der Waals surface area contributed by atoms with Crippen LogP contribution in [0.3, 0.4) is 0 Å². The van der Waals surface area contributed by atoms with Crippen molar-refractivity contribution in [2.75, 3.05) is 59.9 Å². The largest absolute Gasteiger partial charge is 0.464 e. The molecule has 6 N–H and O–H groups in total. The van der Waals surface area contributed by atoms with Gasteiger partial charge in [-0.3, -0.25) is 14.4 Å². The number of methoxy groups -OCH3 is 1. The van der Waals surface area contributed by atoms with Crippen molar-refractivity contribution in [1.29, 1.82) is 0 Å². The Labute approximate surface area is 505 Å². The van der Waals surface area contributed by atoms with Crippen LogP contribution in [0.4, 0.5) is 35.9 Å². The van der Waals surface area contributed by atoms with Gasteiger partial charge in [0.05, 0.1) is 49.5 Å². The first-order valence-electron chi connectivity index (χ1n) is 23.4. The van der Waals surface area contributed by atoms with Crippen molar-refractivity contribution in [3.05, 3.63) is 59.3 Å². The van der Waals surface area contributed by atoms with Gasteiger partial charge in [0.1, 0.15) is 17.0 Å². The van der Waals surface area contributed by atoms with Gasteiger partial charge < -0.3 is 55.9 Å². The number of nitrogens with two attached hydrogens (primary N) is 1. The molecule has 456 valence electrons. The van der Waals surface area contributed by atoms with E-state index in [-0.39, 0.29) is 97.9 Å². The first kappa shape index (κ1) is 77.2. The zero-order valence-electron chi connectivity index (χ0n) is 43.3. The van der Waals surface area contributed by atoms with Crippen LogP contribution in [-0.2, 0) is 80.5 Å². The van der Waals surface area contributed by atoms with Gasteiger partial charge in [0.25, 0.3) is 0 Å². The average molecular weight is 1250 g/mol. The molecular weight excluding hydrogens is 1160 g/mol. The molecule has 0 spiro atoms. The number of thiazole rings is 4. The molecule has 0 unspecified atom stereocenters. The Hall–Kier alpha value is -5.84. The molecule has 0 atom stereocenters. The fraction of sp³-hybridized carbons (Fsp3) is 0.577. The van der Waals surface area contributed by atoms with Crippen LogP contribution in [0, 0.1) is 0 Å². The highest BCUT2D eigenvalue weighted by Crippen LogP contribution is 2.32. The topological polar surface area (TPSA) is 291 Å². The summed E-state index contributed by atoms with van der Waals surface area (Å²) >= 11 is 11.8. The minimum atomic E-state index is -0.566. The molecule has 0 aromatic carbocycles. The van der Waals surface area contributed by atoms with E-state index >= 15 is 0 Å². The van der Waals surface area contributed by atoms with E-state index in [4.69, 9.17) is 26.8 Å². The first-order chi connectivity index (χ1) is 34.8. The lowest BCUT2D eigenvalue weighted by atomic mass is 10.2. The summed E-state index contributed by atoms with van der Waals surface area (Å²) in [5.74, 6) is -0.359. The molecule has 9 heterocycles. The molecule has 5 amide bonds. The van der Waals surface area contributed by atoms with E-state index in [1.54, 1.807) is 27.2 Å². The number of carbonyl (C=O) groups excluding carboxylic acids is 6. The summed E-state index contributed by atoms with van der Waals surface area (Å²) in [7, 11) is 1.28. The Kier molecular flexibility index (Phi) is 32.4. The van der Waals surface area contributed by atoms with Gasteiger partial charge in [-0.05, 0) is 53.1 Å². The molecule has 23 nitrogen and oxygen atoms in total. The smallest absolute Gasteiger partial charge is 0.410 e. The second-order valence-corrected chi connectivity index (χ2v) is 23.6. The van der Waals surface area contributed by atoms with Crippen LogP contribution in [0.1, 0.15) is 160 Å². The second kappa shape index (κ2) is 33.9. The molecule has 9 rings (SSSR count). The number of ether oxygens (including phenoxy) is 3. The Morgan fingerprint density at radius 1 is 0.593 bits per heavy atom. The third kappa shape index (κ3) is 23.5. The minimum absolute atomic E-state index is 0. The summed E-state index contributed by atoms with van der Waals surface area (Å²) in [5, 5.41) is 13.8. The van der Waals surface area contributed by atoms with Crippen molar-refractivity contribution >= 4 is 132 Å². The number of nitrogen functional groups attached to an aromatic ring is 1. The first-order valence-corrected chi connectivity index (χ1v) is 27.0. The monoisotopic (exact) mass is 1250 g/mol. The van der Waals surface area contributed by atoms with E-state index in [0.29, 0.717) is 73.3 Å². The van der Waals surface area contributed by atoms with E-state index in [2.05, 4.69) is 55.9 Å². The molecular formula is C52H86Cl2N14O9S4. The molecule has 4 aliphatic rings. The molecule has 0 saturated carbocycles. The molecule has 0 saturated heterocycles. The Morgan fingerprint density at radius 2 is 1.00 bits per heavy atom. The lowest BCUT2D eigenvalue weighted by molar-refractivity contribution is -0.115. The number of esters is 1. The highest BCUT2D eigenvalue weighted by atomic mass is 35.5. The van der Waals surface area contributed by atoms with Crippen molar-refractivity contribution in [2.45, 2.75) is 170 Å². The molecule has 5 aromatic heterocycles. The van der Waals surface area contributed by atoms with Crippen molar-refractivity contribution in [1.82, 2.24) is 45.0 Å². The van der Waals surface area contributed by atoms with E-state index in [1.807, 2.05) is 46.4 Å². The predicted molar refractivity (Wildman–Crippen MR) is 333 cm³/mol. The molecule has 29 heteroatoms. The molecule has 0 bridgehead atoms. The van der Waals surface area contributed by atoms with E-state index < -0.39 is 17.2 Å². The fourth-order valence-electron chi connectivity index (χ4n) is 7.28. The molecule has 5 aromatic rings. The van der Waals surface area contributed by atoms with E-state index in [9.17, 15) is 28.8 Å². The lowest BCUT2D eigenvalue weighted by Crippen LogP contribution is -2.39. The van der Waals surface area contributed by atoms with Crippen molar-refractivity contribution in [3.63, 3.8) is 0 Å². The third-order valence-electron chi connectivity index (χ3n) is 10.4. The quantitative estimate of drug-likeness (QED) is 0.0621. The number of carbonyl (C=O) groups is 6. The van der Waals surface area contributed by atoms with E-state index in [0.717, 1.165) is 68.5 Å². The van der Waals surface area contributed by atoms with Gasteiger partial charge in [-0.1, -0.05) is 67.2 Å².